The zero-order chi connectivity index (χ0) is 23.4. The summed E-state index contributed by atoms with van der Waals surface area (Å²) >= 11 is 0. The van der Waals surface area contributed by atoms with Gasteiger partial charge in [-0.3, -0.25) is 0 Å². The molecule has 1 N–H and O–H groups in total. The molecule has 33 heavy (non-hydrogen) atoms. The van der Waals surface area contributed by atoms with Crippen molar-refractivity contribution >= 4 is 17.6 Å². The van der Waals surface area contributed by atoms with Gasteiger partial charge >= 0.3 is 0 Å². The van der Waals surface area contributed by atoms with Gasteiger partial charge in [0.25, 0.3) is 12.9 Å². The van der Waals surface area contributed by atoms with E-state index >= 15 is 0 Å². The van der Waals surface area contributed by atoms with Crippen LogP contribution in [-0.4, -0.2) is 46.6 Å². The largest absolute Gasteiger partial charge is 0.384 e. The van der Waals surface area contributed by atoms with E-state index in [9.17, 15) is 17.6 Å². The van der Waals surface area contributed by atoms with Gasteiger partial charge in [0.05, 0.1) is 5.69 Å². The minimum atomic E-state index is -2.67. The van der Waals surface area contributed by atoms with E-state index in [1.165, 1.54) is 41.3 Å². The Balaban J connectivity index is 1.53. The molecule has 4 rings (SSSR count). The van der Waals surface area contributed by atoms with Gasteiger partial charge in [0.1, 0.15) is 18.0 Å². The Morgan fingerprint density at radius 1 is 1.06 bits per heavy atom. The maximum atomic E-state index is 13.5. The zero-order valence-corrected chi connectivity index (χ0v) is 18.0. The van der Waals surface area contributed by atoms with Crippen LogP contribution in [0.2, 0.25) is 0 Å². The highest BCUT2D eigenvalue weighted by Crippen LogP contribution is 2.29. The molecule has 1 saturated heterocycles. The minimum Gasteiger partial charge on any atom is -0.384 e. The number of rotatable bonds is 8. The molecule has 11 heteroatoms. The molecular weight excluding hydrogens is 440 g/mol. The molecule has 3 aromatic rings. The Hall–Kier alpha value is -3.21. The third kappa shape index (κ3) is 5.59. The van der Waals surface area contributed by atoms with Gasteiger partial charge in [0.2, 0.25) is 5.95 Å². The molecule has 3 heterocycles. The lowest BCUT2D eigenvalue weighted by Crippen LogP contribution is -2.35. The van der Waals surface area contributed by atoms with Crippen molar-refractivity contribution in [1.29, 1.82) is 0 Å². The van der Waals surface area contributed by atoms with Crippen LogP contribution >= 0.6 is 0 Å². The number of benzene rings is 1. The quantitative estimate of drug-likeness (QED) is 0.466. The summed E-state index contributed by atoms with van der Waals surface area (Å²) in [5, 5.41) is 7.07. The summed E-state index contributed by atoms with van der Waals surface area (Å²) < 4.78 is 59.6. The monoisotopic (exact) mass is 464 g/mol. The Morgan fingerprint density at radius 2 is 1.82 bits per heavy atom. The van der Waals surface area contributed by atoms with Gasteiger partial charge in [-0.15, -0.1) is 5.10 Å². The van der Waals surface area contributed by atoms with Crippen LogP contribution in [0.3, 0.4) is 0 Å². The van der Waals surface area contributed by atoms with Crippen LogP contribution in [-0.2, 0) is 4.74 Å². The van der Waals surface area contributed by atoms with Crippen molar-refractivity contribution in [3.8, 4) is 5.69 Å². The zero-order valence-electron chi connectivity index (χ0n) is 18.0. The fourth-order valence-corrected chi connectivity index (χ4v) is 3.82. The van der Waals surface area contributed by atoms with Crippen molar-refractivity contribution in [3.05, 3.63) is 53.9 Å². The molecular formula is C22H24F4N6O. The Kier molecular flexibility index (Phi) is 7.07. The number of alkyl halides is 4. The smallest absolute Gasteiger partial charge is 0.264 e. The van der Waals surface area contributed by atoms with Gasteiger partial charge in [-0.05, 0) is 43.0 Å². The number of aromatic nitrogens is 4. The number of anilines is 3. The summed E-state index contributed by atoms with van der Waals surface area (Å²) in [6.07, 6.45) is -2.14. The predicted octanol–water partition coefficient (Wildman–Crippen LogP) is 5.14. The molecule has 0 amide bonds. The van der Waals surface area contributed by atoms with Crippen LogP contribution in [0, 0.1) is 5.92 Å². The van der Waals surface area contributed by atoms with E-state index in [4.69, 9.17) is 4.74 Å². The van der Waals surface area contributed by atoms with Gasteiger partial charge in [-0.2, -0.15) is 4.98 Å². The van der Waals surface area contributed by atoms with Crippen LogP contribution in [0.5, 0.6) is 0 Å². The van der Waals surface area contributed by atoms with E-state index < -0.39 is 12.9 Å². The molecule has 7 nitrogen and oxygen atoms in total. The first-order valence-electron chi connectivity index (χ1n) is 10.5. The number of piperidine rings is 1. The standard InChI is InChI=1S/C22H24F4N6O/c1-33-12-14-5-7-31(8-6-14)19-11-16(21(25)26)10-18(28-19)29-22-27-13-32(30-22)17-4-2-3-15(9-17)20(23)24/h2-4,9-11,13-14,20-21H,5-8,12H2,1H3,(H,28,29,30). The molecule has 176 valence electrons. The van der Waals surface area contributed by atoms with Crippen molar-refractivity contribution in [2.75, 3.05) is 37.0 Å². The van der Waals surface area contributed by atoms with Crippen LogP contribution < -0.4 is 10.2 Å². The first-order chi connectivity index (χ1) is 15.9. The van der Waals surface area contributed by atoms with Crippen molar-refractivity contribution < 1.29 is 22.3 Å². The number of hydrogen-bond donors (Lipinski definition) is 1. The molecule has 2 aromatic heterocycles. The summed E-state index contributed by atoms with van der Waals surface area (Å²) in [6.45, 7) is 2.07. The second-order valence-corrected chi connectivity index (χ2v) is 7.86. The minimum absolute atomic E-state index is 0.112. The lowest BCUT2D eigenvalue weighted by atomic mass is 9.98. The summed E-state index contributed by atoms with van der Waals surface area (Å²) in [5.41, 5.74) is 0.107. The molecule has 0 radical (unpaired) electrons. The molecule has 1 fully saturated rings. The number of nitrogens with one attached hydrogen (secondary N) is 1. The van der Waals surface area contributed by atoms with Gasteiger partial charge in [-0.1, -0.05) is 12.1 Å². The fraction of sp³-hybridized carbons (Fsp3) is 0.409. The number of methoxy groups -OCH3 is 1. The Morgan fingerprint density at radius 3 is 2.52 bits per heavy atom. The maximum absolute atomic E-state index is 13.5. The first-order valence-corrected chi connectivity index (χ1v) is 10.5. The molecule has 1 aromatic carbocycles. The molecule has 0 unspecified atom stereocenters. The summed E-state index contributed by atoms with van der Waals surface area (Å²) in [5.74, 6) is 1.19. The molecule has 0 aliphatic carbocycles. The first kappa shape index (κ1) is 23.0. The van der Waals surface area contributed by atoms with Crippen LogP contribution in [0.25, 0.3) is 5.69 Å². The summed E-state index contributed by atoms with van der Waals surface area (Å²) in [7, 11) is 1.67. The predicted molar refractivity (Wildman–Crippen MR) is 116 cm³/mol. The number of hydrogen-bond acceptors (Lipinski definition) is 6. The highest BCUT2D eigenvalue weighted by Gasteiger charge is 2.22. The summed E-state index contributed by atoms with van der Waals surface area (Å²) in [4.78, 5) is 10.6. The molecule has 0 saturated carbocycles. The highest BCUT2D eigenvalue weighted by atomic mass is 19.3. The van der Waals surface area contributed by atoms with E-state index in [0.717, 1.165) is 12.8 Å². The van der Waals surface area contributed by atoms with Gasteiger partial charge < -0.3 is 15.0 Å². The average molecular weight is 464 g/mol. The van der Waals surface area contributed by atoms with Crippen LogP contribution in [0.4, 0.5) is 35.1 Å². The topological polar surface area (TPSA) is 68.1 Å². The second kappa shape index (κ2) is 10.2. The van der Waals surface area contributed by atoms with Crippen molar-refractivity contribution in [1.82, 2.24) is 19.7 Å². The van der Waals surface area contributed by atoms with E-state index in [2.05, 4.69) is 20.4 Å². The van der Waals surface area contributed by atoms with E-state index in [0.29, 0.717) is 37.1 Å². The Labute approximate surface area is 188 Å². The number of pyridine rings is 1. The third-order valence-corrected chi connectivity index (χ3v) is 5.55. The van der Waals surface area contributed by atoms with Crippen molar-refractivity contribution in [3.63, 3.8) is 0 Å². The molecule has 0 spiro atoms. The number of halogens is 4. The normalized spacial score (nSPS) is 14.9. The van der Waals surface area contributed by atoms with E-state index in [-0.39, 0.29) is 22.9 Å². The van der Waals surface area contributed by atoms with Crippen LogP contribution in [0.1, 0.15) is 36.8 Å². The second-order valence-electron chi connectivity index (χ2n) is 7.86. The molecule has 1 aliphatic heterocycles. The van der Waals surface area contributed by atoms with Gasteiger partial charge in [0, 0.05) is 37.9 Å². The van der Waals surface area contributed by atoms with Crippen molar-refractivity contribution in [2.45, 2.75) is 25.7 Å². The third-order valence-electron chi connectivity index (χ3n) is 5.55. The average Bonchev–Trinajstić information content (AvgIpc) is 3.28. The van der Waals surface area contributed by atoms with Gasteiger partial charge in [0.15, 0.2) is 0 Å². The molecule has 0 atom stereocenters. The fourth-order valence-electron chi connectivity index (χ4n) is 3.82. The lowest BCUT2D eigenvalue weighted by Gasteiger charge is -2.32. The SMILES string of the molecule is COCC1CCN(c2cc(C(F)F)cc(Nc3ncn(-c4cccc(C(F)F)c4)n3)n2)CC1. The van der Waals surface area contributed by atoms with Crippen molar-refractivity contribution in [2.24, 2.45) is 5.92 Å². The van der Waals surface area contributed by atoms with Crippen LogP contribution in [0.15, 0.2) is 42.7 Å². The maximum Gasteiger partial charge on any atom is 0.264 e. The van der Waals surface area contributed by atoms with E-state index in [1.54, 1.807) is 13.2 Å². The lowest BCUT2D eigenvalue weighted by molar-refractivity contribution is 0.139. The number of ether oxygens (including phenoxy) is 1. The highest BCUT2D eigenvalue weighted by molar-refractivity contribution is 5.55. The molecule has 1 aliphatic rings. The number of nitrogens with zero attached hydrogens (tertiary/aromatic N) is 5. The van der Waals surface area contributed by atoms with Gasteiger partial charge in [-0.25, -0.2) is 27.2 Å². The molecule has 0 bridgehead atoms. The summed E-state index contributed by atoms with van der Waals surface area (Å²) in [6, 6.07) is 8.40. The van der Waals surface area contributed by atoms with E-state index in [1.807, 2.05) is 4.90 Å². The Bertz CT molecular complexity index is 1070.